The minimum absolute atomic E-state index is 0. The van der Waals surface area contributed by atoms with Gasteiger partial charge in [0.05, 0.1) is 6.61 Å². The van der Waals surface area contributed by atoms with Gasteiger partial charge in [-0.3, -0.25) is 4.99 Å². The third kappa shape index (κ3) is 7.61. The highest BCUT2D eigenvalue weighted by Crippen LogP contribution is 2.14. The monoisotopic (exact) mass is 463 g/mol. The number of benzene rings is 1. The summed E-state index contributed by atoms with van der Waals surface area (Å²) in [6.45, 7) is 5.86. The van der Waals surface area contributed by atoms with Crippen LogP contribution in [0.5, 0.6) is 0 Å². The molecule has 0 spiro atoms. The molecule has 2 rings (SSSR count). The van der Waals surface area contributed by atoms with Gasteiger partial charge in [-0.15, -0.1) is 24.0 Å². The van der Waals surface area contributed by atoms with E-state index in [0.717, 1.165) is 50.2 Å². The van der Waals surface area contributed by atoms with Crippen LogP contribution in [0.4, 0.5) is 0 Å². The number of halogens is 1. The quantitative estimate of drug-likeness (QED) is 0.291. The topological polar surface area (TPSA) is 36.9 Å². The number of aryl methyl sites for hydroxylation is 1. The summed E-state index contributed by atoms with van der Waals surface area (Å²) in [5, 5.41) is 3.45. The van der Waals surface area contributed by atoms with E-state index in [1.807, 2.05) is 18.8 Å². The molecule has 1 aliphatic heterocycles. The van der Waals surface area contributed by atoms with Crippen LogP contribution in [0.2, 0.25) is 0 Å². The SMILES string of the molecule is CN=C(NCCSCc1ccc(C)cc1)N(C)CC1CCOC1.I. The molecule has 24 heavy (non-hydrogen) atoms. The highest BCUT2D eigenvalue weighted by molar-refractivity contribution is 14.0. The summed E-state index contributed by atoms with van der Waals surface area (Å²) in [4.78, 5) is 6.59. The van der Waals surface area contributed by atoms with Crippen molar-refractivity contribution in [1.29, 1.82) is 0 Å². The van der Waals surface area contributed by atoms with Gasteiger partial charge in [-0.25, -0.2) is 0 Å². The van der Waals surface area contributed by atoms with Crippen molar-refractivity contribution >= 4 is 41.7 Å². The van der Waals surface area contributed by atoms with E-state index in [4.69, 9.17) is 4.74 Å². The molecule has 4 nitrogen and oxygen atoms in total. The van der Waals surface area contributed by atoms with Crippen molar-refractivity contribution in [2.24, 2.45) is 10.9 Å². The maximum Gasteiger partial charge on any atom is 0.193 e. The van der Waals surface area contributed by atoms with E-state index >= 15 is 0 Å². The molecule has 1 aromatic carbocycles. The number of hydrogen-bond acceptors (Lipinski definition) is 3. The van der Waals surface area contributed by atoms with E-state index in [2.05, 4.69) is 53.4 Å². The number of ether oxygens (including phenoxy) is 1. The smallest absolute Gasteiger partial charge is 0.193 e. The lowest BCUT2D eigenvalue weighted by Crippen LogP contribution is -2.42. The molecule has 1 unspecified atom stereocenters. The normalized spacial score (nSPS) is 17.5. The van der Waals surface area contributed by atoms with Crippen molar-refractivity contribution in [2.75, 3.05) is 46.2 Å². The summed E-state index contributed by atoms with van der Waals surface area (Å²) >= 11 is 1.95. The van der Waals surface area contributed by atoms with Crippen LogP contribution >= 0.6 is 35.7 Å². The molecule has 0 bridgehead atoms. The highest BCUT2D eigenvalue weighted by Gasteiger charge is 2.18. The lowest BCUT2D eigenvalue weighted by molar-refractivity contribution is 0.181. The highest BCUT2D eigenvalue weighted by atomic mass is 127. The first kappa shape index (κ1) is 21.6. The number of rotatable bonds is 7. The predicted molar refractivity (Wildman–Crippen MR) is 116 cm³/mol. The standard InChI is InChI=1S/C18H29N3OS.HI/c1-15-4-6-16(7-5-15)14-23-11-9-20-18(19-2)21(3)12-17-8-10-22-13-17;/h4-7,17H,8-14H2,1-3H3,(H,19,20);1H. The zero-order chi connectivity index (χ0) is 16.5. The zero-order valence-corrected chi connectivity index (χ0v) is 18.1. The van der Waals surface area contributed by atoms with Gasteiger partial charge in [0.2, 0.25) is 0 Å². The van der Waals surface area contributed by atoms with E-state index in [9.17, 15) is 0 Å². The number of guanidine groups is 1. The second-order valence-electron chi connectivity index (χ2n) is 6.12. The Morgan fingerprint density at radius 3 is 2.75 bits per heavy atom. The van der Waals surface area contributed by atoms with E-state index in [1.54, 1.807) is 0 Å². The van der Waals surface area contributed by atoms with Gasteiger partial charge in [-0.05, 0) is 18.9 Å². The molecule has 0 aliphatic carbocycles. The Hall–Kier alpha value is -0.470. The van der Waals surface area contributed by atoms with Crippen LogP contribution in [0, 0.1) is 12.8 Å². The molecule has 1 atom stereocenters. The molecule has 1 aliphatic rings. The van der Waals surface area contributed by atoms with Crippen molar-refractivity contribution in [3.8, 4) is 0 Å². The summed E-state index contributed by atoms with van der Waals surface area (Å²) in [5.74, 6) is 3.76. The van der Waals surface area contributed by atoms with E-state index in [-0.39, 0.29) is 24.0 Å². The maximum absolute atomic E-state index is 5.44. The molecule has 1 aromatic rings. The van der Waals surface area contributed by atoms with Crippen LogP contribution in [-0.4, -0.2) is 57.0 Å². The molecule has 0 aromatic heterocycles. The molecule has 0 radical (unpaired) electrons. The van der Waals surface area contributed by atoms with Crippen LogP contribution in [-0.2, 0) is 10.5 Å². The van der Waals surface area contributed by atoms with Crippen LogP contribution in [0.25, 0.3) is 0 Å². The van der Waals surface area contributed by atoms with Crippen molar-refractivity contribution in [3.63, 3.8) is 0 Å². The lowest BCUT2D eigenvalue weighted by atomic mass is 10.1. The van der Waals surface area contributed by atoms with Gasteiger partial charge in [0.1, 0.15) is 0 Å². The molecular formula is C18H30IN3OS. The molecule has 1 fully saturated rings. The summed E-state index contributed by atoms with van der Waals surface area (Å²) in [5.41, 5.74) is 2.71. The molecule has 136 valence electrons. The summed E-state index contributed by atoms with van der Waals surface area (Å²) in [7, 11) is 3.95. The van der Waals surface area contributed by atoms with Crippen molar-refractivity contribution in [2.45, 2.75) is 19.1 Å². The second-order valence-corrected chi connectivity index (χ2v) is 7.23. The lowest BCUT2D eigenvalue weighted by Gasteiger charge is -2.24. The Morgan fingerprint density at radius 1 is 1.38 bits per heavy atom. The molecule has 0 amide bonds. The third-order valence-electron chi connectivity index (χ3n) is 4.05. The van der Waals surface area contributed by atoms with Gasteiger partial charge < -0.3 is 15.0 Å². The molecular weight excluding hydrogens is 433 g/mol. The predicted octanol–water partition coefficient (Wildman–Crippen LogP) is 3.39. The number of thioether (sulfide) groups is 1. The largest absolute Gasteiger partial charge is 0.381 e. The fraction of sp³-hybridized carbons (Fsp3) is 0.611. The van der Waals surface area contributed by atoms with Gasteiger partial charge in [-0.1, -0.05) is 29.8 Å². The average Bonchev–Trinajstić information content (AvgIpc) is 3.05. The van der Waals surface area contributed by atoms with E-state index in [1.165, 1.54) is 11.1 Å². The van der Waals surface area contributed by atoms with Crippen LogP contribution in [0.1, 0.15) is 17.5 Å². The van der Waals surface area contributed by atoms with Crippen LogP contribution < -0.4 is 5.32 Å². The van der Waals surface area contributed by atoms with Crippen LogP contribution in [0.3, 0.4) is 0 Å². The Bertz CT molecular complexity index is 490. The summed E-state index contributed by atoms with van der Waals surface area (Å²) < 4.78 is 5.44. The zero-order valence-electron chi connectivity index (χ0n) is 15.0. The van der Waals surface area contributed by atoms with Gasteiger partial charge in [-0.2, -0.15) is 11.8 Å². The van der Waals surface area contributed by atoms with Crippen LogP contribution in [0.15, 0.2) is 29.3 Å². The summed E-state index contributed by atoms with van der Waals surface area (Å²) in [6, 6.07) is 8.79. The minimum atomic E-state index is 0. The number of hydrogen-bond donors (Lipinski definition) is 1. The average molecular weight is 463 g/mol. The van der Waals surface area contributed by atoms with Gasteiger partial charge in [0.25, 0.3) is 0 Å². The van der Waals surface area contributed by atoms with Gasteiger partial charge in [0.15, 0.2) is 5.96 Å². The fourth-order valence-electron chi connectivity index (χ4n) is 2.70. The Balaban J connectivity index is 0.00000288. The van der Waals surface area contributed by atoms with Gasteiger partial charge in [0, 0.05) is 51.2 Å². The number of nitrogens with zero attached hydrogens (tertiary/aromatic N) is 2. The molecule has 6 heteroatoms. The van der Waals surface area contributed by atoms with E-state index in [0.29, 0.717) is 5.92 Å². The minimum Gasteiger partial charge on any atom is -0.381 e. The second kappa shape index (κ2) is 12.0. The van der Waals surface area contributed by atoms with Crippen molar-refractivity contribution < 1.29 is 4.74 Å². The van der Waals surface area contributed by atoms with Crippen molar-refractivity contribution in [3.05, 3.63) is 35.4 Å². The molecule has 0 saturated carbocycles. The number of nitrogens with one attached hydrogen (secondary N) is 1. The number of aliphatic imine (C=N–C) groups is 1. The van der Waals surface area contributed by atoms with Gasteiger partial charge >= 0.3 is 0 Å². The Morgan fingerprint density at radius 2 is 2.12 bits per heavy atom. The van der Waals surface area contributed by atoms with E-state index < -0.39 is 0 Å². The fourth-order valence-corrected chi connectivity index (χ4v) is 3.51. The summed E-state index contributed by atoms with van der Waals surface area (Å²) in [6.07, 6.45) is 1.16. The molecule has 1 heterocycles. The first-order valence-corrected chi connectivity index (χ1v) is 9.47. The third-order valence-corrected chi connectivity index (χ3v) is 5.08. The Kier molecular flexibility index (Phi) is 10.8. The Labute approximate surface area is 167 Å². The molecule has 1 saturated heterocycles. The van der Waals surface area contributed by atoms with Crippen molar-refractivity contribution in [1.82, 2.24) is 10.2 Å². The maximum atomic E-state index is 5.44. The first-order chi connectivity index (χ1) is 11.2. The first-order valence-electron chi connectivity index (χ1n) is 8.32. The molecule has 1 N–H and O–H groups in total.